The van der Waals surface area contributed by atoms with Crippen molar-refractivity contribution in [2.75, 3.05) is 43.4 Å². The van der Waals surface area contributed by atoms with E-state index in [0.29, 0.717) is 25.6 Å². The number of imidazole rings is 1. The standard InChI is InChI=1S/C28H35N9O2/c1-5-29-24-16-22(31-18-32-24)19-8-9-21-23(15-19)34-26(33-21)35-25-20(7-6-10-30-25)17-36-11-13-37(14-12-36)27(38)39-28(2,3)4/h6-10,15-16,18H,5,11-14,17H2,1-4H3,(H,29,31,32)(H2,30,33,34,35). The van der Waals surface area contributed by atoms with E-state index in [1.165, 1.54) is 0 Å². The summed E-state index contributed by atoms with van der Waals surface area (Å²) < 4.78 is 5.52. The van der Waals surface area contributed by atoms with Gasteiger partial charge in [0.2, 0.25) is 5.95 Å². The number of nitrogens with one attached hydrogen (secondary N) is 3. The number of rotatable bonds is 7. The lowest BCUT2D eigenvalue weighted by atomic mass is 10.1. The lowest BCUT2D eigenvalue weighted by Gasteiger charge is -2.35. The Labute approximate surface area is 228 Å². The van der Waals surface area contributed by atoms with E-state index in [-0.39, 0.29) is 6.09 Å². The van der Waals surface area contributed by atoms with Gasteiger partial charge in [0.25, 0.3) is 0 Å². The minimum Gasteiger partial charge on any atom is -0.444 e. The van der Waals surface area contributed by atoms with E-state index in [4.69, 9.17) is 9.72 Å². The quantitative estimate of drug-likeness (QED) is 0.314. The summed E-state index contributed by atoms with van der Waals surface area (Å²) in [7, 11) is 0. The molecule has 0 saturated carbocycles. The molecule has 204 valence electrons. The summed E-state index contributed by atoms with van der Waals surface area (Å²) in [6.07, 6.45) is 3.08. The van der Waals surface area contributed by atoms with Crippen LogP contribution in [0.25, 0.3) is 22.3 Å². The molecule has 1 fully saturated rings. The van der Waals surface area contributed by atoms with Crippen molar-refractivity contribution in [3.8, 4) is 11.3 Å². The van der Waals surface area contributed by atoms with Gasteiger partial charge in [-0.25, -0.2) is 24.7 Å². The summed E-state index contributed by atoms with van der Waals surface area (Å²) in [5, 5.41) is 6.59. The molecule has 1 saturated heterocycles. The molecule has 5 rings (SSSR count). The van der Waals surface area contributed by atoms with Crippen molar-refractivity contribution in [1.82, 2.24) is 34.7 Å². The van der Waals surface area contributed by atoms with Gasteiger partial charge in [-0.1, -0.05) is 12.1 Å². The highest BCUT2D eigenvalue weighted by Crippen LogP contribution is 2.26. The van der Waals surface area contributed by atoms with Crippen LogP contribution in [0.1, 0.15) is 33.3 Å². The van der Waals surface area contributed by atoms with Gasteiger partial charge in [0, 0.05) is 62.7 Å². The summed E-state index contributed by atoms with van der Waals surface area (Å²) in [6.45, 7) is 12.0. The fourth-order valence-corrected chi connectivity index (χ4v) is 4.47. The number of hydrogen-bond acceptors (Lipinski definition) is 9. The zero-order valence-electron chi connectivity index (χ0n) is 22.9. The Morgan fingerprint density at radius 1 is 1.08 bits per heavy atom. The van der Waals surface area contributed by atoms with E-state index < -0.39 is 5.60 Å². The molecule has 4 heterocycles. The second-order valence-corrected chi connectivity index (χ2v) is 10.5. The van der Waals surface area contributed by atoms with Crippen molar-refractivity contribution in [1.29, 1.82) is 0 Å². The van der Waals surface area contributed by atoms with Crippen LogP contribution in [-0.4, -0.2) is 79.1 Å². The number of carbonyl (C=O) groups excluding carboxylic acids is 1. The van der Waals surface area contributed by atoms with Gasteiger partial charge in [-0.2, -0.15) is 0 Å². The average molecular weight is 530 g/mol. The van der Waals surface area contributed by atoms with Crippen molar-refractivity contribution < 1.29 is 9.53 Å². The van der Waals surface area contributed by atoms with Gasteiger partial charge in [-0.3, -0.25) is 4.90 Å². The lowest BCUT2D eigenvalue weighted by Crippen LogP contribution is -2.49. The monoisotopic (exact) mass is 529 g/mol. The molecule has 1 aliphatic heterocycles. The molecule has 3 N–H and O–H groups in total. The molecule has 11 nitrogen and oxygen atoms in total. The van der Waals surface area contributed by atoms with E-state index in [0.717, 1.165) is 59.1 Å². The minimum atomic E-state index is -0.492. The molecule has 1 amide bonds. The highest BCUT2D eigenvalue weighted by Gasteiger charge is 2.26. The first-order valence-electron chi connectivity index (χ1n) is 13.2. The van der Waals surface area contributed by atoms with Gasteiger partial charge in [0.1, 0.15) is 23.6 Å². The first-order valence-corrected chi connectivity index (χ1v) is 13.2. The van der Waals surface area contributed by atoms with Crippen molar-refractivity contribution in [3.05, 3.63) is 54.5 Å². The maximum absolute atomic E-state index is 12.4. The van der Waals surface area contributed by atoms with Crippen molar-refractivity contribution in [2.24, 2.45) is 0 Å². The van der Waals surface area contributed by atoms with Crippen LogP contribution < -0.4 is 10.6 Å². The molecule has 0 atom stereocenters. The molecule has 1 aliphatic rings. The van der Waals surface area contributed by atoms with E-state index in [9.17, 15) is 4.79 Å². The smallest absolute Gasteiger partial charge is 0.410 e. The SMILES string of the molecule is CCNc1cc(-c2ccc3nc(Nc4ncccc4CN4CCN(C(=O)OC(C)(C)C)CC4)[nH]c3c2)ncn1. The van der Waals surface area contributed by atoms with Crippen molar-refractivity contribution in [2.45, 2.75) is 39.8 Å². The molecule has 11 heteroatoms. The summed E-state index contributed by atoms with van der Waals surface area (Å²) >= 11 is 0. The van der Waals surface area contributed by atoms with Crippen molar-refractivity contribution >= 4 is 34.7 Å². The zero-order valence-corrected chi connectivity index (χ0v) is 22.9. The molecule has 3 aromatic heterocycles. The molecule has 0 bridgehead atoms. The highest BCUT2D eigenvalue weighted by molar-refractivity contribution is 5.83. The number of ether oxygens (including phenoxy) is 1. The number of aromatic nitrogens is 5. The number of H-pyrrole nitrogens is 1. The number of fused-ring (bicyclic) bond motifs is 1. The van der Waals surface area contributed by atoms with E-state index in [1.54, 1.807) is 17.4 Å². The molecule has 0 spiro atoms. The first kappa shape index (κ1) is 26.4. The Morgan fingerprint density at radius 3 is 2.67 bits per heavy atom. The summed E-state index contributed by atoms with van der Waals surface area (Å²) in [5.74, 6) is 2.16. The largest absolute Gasteiger partial charge is 0.444 e. The number of amides is 1. The predicted octanol–water partition coefficient (Wildman–Crippen LogP) is 4.64. The number of aromatic amines is 1. The van der Waals surface area contributed by atoms with Crippen LogP contribution >= 0.6 is 0 Å². The maximum Gasteiger partial charge on any atom is 0.410 e. The van der Waals surface area contributed by atoms with Crippen LogP contribution in [0.3, 0.4) is 0 Å². The number of hydrogen-bond donors (Lipinski definition) is 3. The van der Waals surface area contributed by atoms with E-state index in [2.05, 4.69) is 41.5 Å². The van der Waals surface area contributed by atoms with Gasteiger partial charge in [-0.15, -0.1) is 0 Å². The fraction of sp³-hybridized carbons (Fsp3) is 0.393. The highest BCUT2D eigenvalue weighted by atomic mass is 16.6. The topological polar surface area (TPSA) is 124 Å². The van der Waals surface area contributed by atoms with Gasteiger partial charge in [0.05, 0.1) is 16.7 Å². The minimum absolute atomic E-state index is 0.253. The van der Waals surface area contributed by atoms with Gasteiger partial charge >= 0.3 is 6.09 Å². The van der Waals surface area contributed by atoms with Crippen LogP contribution in [0.2, 0.25) is 0 Å². The molecule has 0 unspecified atom stereocenters. The average Bonchev–Trinajstić information content (AvgIpc) is 3.31. The number of pyridine rings is 1. The summed E-state index contributed by atoms with van der Waals surface area (Å²) in [4.78, 5) is 37.8. The third-order valence-corrected chi connectivity index (χ3v) is 6.35. The van der Waals surface area contributed by atoms with Gasteiger partial charge in [-0.05, 0) is 45.9 Å². The maximum atomic E-state index is 12.4. The molecule has 4 aromatic rings. The van der Waals surface area contributed by atoms with Crippen LogP contribution in [0.4, 0.5) is 22.4 Å². The number of anilines is 3. The molecular weight excluding hydrogens is 494 g/mol. The Kier molecular flexibility index (Phi) is 7.60. The van der Waals surface area contributed by atoms with Crippen molar-refractivity contribution in [3.63, 3.8) is 0 Å². The number of carbonyl (C=O) groups is 1. The third-order valence-electron chi connectivity index (χ3n) is 6.35. The normalized spacial score (nSPS) is 14.4. The van der Waals surface area contributed by atoms with Crippen LogP contribution in [0, 0.1) is 0 Å². The van der Waals surface area contributed by atoms with E-state index in [1.807, 2.05) is 58.0 Å². The Morgan fingerprint density at radius 2 is 1.90 bits per heavy atom. The molecule has 0 radical (unpaired) electrons. The summed E-state index contributed by atoms with van der Waals surface area (Å²) in [5.41, 5.74) is 4.12. The second-order valence-electron chi connectivity index (χ2n) is 10.5. The molecule has 39 heavy (non-hydrogen) atoms. The van der Waals surface area contributed by atoms with Gasteiger partial charge < -0.3 is 25.3 Å². The van der Waals surface area contributed by atoms with Crippen LogP contribution in [0.5, 0.6) is 0 Å². The van der Waals surface area contributed by atoms with Crippen LogP contribution in [0.15, 0.2) is 48.9 Å². The zero-order chi connectivity index (χ0) is 27.4. The number of piperazine rings is 1. The Hall–Kier alpha value is -4.25. The summed E-state index contributed by atoms with van der Waals surface area (Å²) in [6, 6.07) is 12.0. The Balaban J connectivity index is 1.26. The predicted molar refractivity (Wildman–Crippen MR) is 152 cm³/mol. The lowest BCUT2D eigenvalue weighted by molar-refractivity contribution is 0.0139. The van der Waals surface area contributed by atoms with E-state index >= 15 is 0 Å². The van der Waals surface area contributed by atoms with Gasteiger partial charge in [0.15, 0.2) is 0 Å². The first-order chi connectivity index (χ1) is 18.8. The molecule has 1 aromatic carbocycles. The Bertz CT molecular complexity index is 1440. The van der Waals surface area contributed by atoms with Crippen LogP contribution in [-0.2, 0) is 11.3 Å². The second kappa shape index (κ2) is 11.2. The molecule has 0 aliphatic carbocycles. The fourth-order valence-electron chi connectivity index (χ4n) is 4.47. The number of nitrogens with zero attached hydrogens (tertiary/aromatic N) is 6. The number of benzene rings is 1. The third kappa shape index (κ3) is 6.61. The molecular formula is C28H35N9O2.